The van der Waals surface area contributed by atoms with E-state index in [4.69, 9.17) is 4.42 Å². The Morgan fingerprint density at radius 1 is 1.10 bits per heavy atom. The van der Waals surface area contributed by atoms with Gasteiger partial charge < -0.3 is 24.6 Å². The van der Waals surface area contributed by atoms with Crippen molar-refractivity contribution in [2.24, 2.45) is 0 Å². The van der Waals surface area contributed by atoms with Crippen LogP contribution in [0.2, 0.25) is 0 Å². The molecule has 0 aliphatic carbocycles. The first kappa shape index (κ1) is 20.1. The van der Waals surface area contributed by atoms with Gasteiger partial charge in [0.05, 0.1) is 19.1 Å². The van der Waals surface area contributed by atoms with Gasteiger partial charge in [-0.05, 0) is 56.4 Å². The molecule has 0 saturated carbocycles. The van der Waals surface area contributed by atoms with Crippen LogP contribution in [0.4, 0.5) is 5.69 Å². The van der Waals surface area contributed by atoms with E-state index in [0.29, 0.717) is 16.8 Å². The van der Waals surface area contributed by atoms with Gasteiger partial charge in [0.15, 0.2) is 0 Å². The van der Waals surface area contributed by atoms with Crippen molar-refractivity contribution in [2.75, 3.05) is 26.0 Å². The summed E-state index contributed by atoms with van der Waals surface area (Å²) in [5, 5.41) is 3.13. The fourth-order valence-corrected chi connectivity index (χ4v) is 2.80. The minimum absolute atomic E-state index is 0.117. The maximum atomic E-state index is 12.5. The smallest absolute Gasteiger partial charge is 0.272 e. The van der Waals surface area contributed by atoms with Crippen LogP contribution < -0.4 is 27.1 Å². The number of nitrogens with one attached hydrogen (secondary N) is 3. The van der Waals surface area contributed by atoms with Crippen LogP contribution in [0.3, 0.4) is 0 Å². The average Bonchev–Trinajstić information content (AvgIpc) is 3.17. The van der Waals surface area contributed by atoms with Crippen molar-refractivity contribution in [3.63, 3.8) is 0 Å². The van der Waals surface area contributed by atoms with Gasteiger partial charge >= 0.3 is 0 Å². The van der Waals surface area contributed by atoms with Crippen LogP contribution in [0.5, 0.6) is 0 Å². The lowest BCUT2D eigenvalue weighted by Gasteiger charge is -2.10. The molecule has 3 aromatic rings. The molecule has 0 atom stereocenters. The van der Waals surface area contributed by atoms with E-state index < -0.39 is 11.1 Å². The lowest BCUT2D eigenvalue weighted by atomic mass is 10.1. The molecule has 0 unspecified atom stereocenters. The molecule has 0 bridgehead atoms. The number of hydrogen-bond acceptors (Lipinski definition) is 5. The molecule has 0 aliphatic rings. The maximum Gasteiger partial charge on any atom is 0.272 e. The predicted molar refractivity (Wildman–Crippen MR) is 111 cm³/mol. The highest BCUT2D eigenvalue weighted by molar-refractivity contribution is 5.92. The van der Waals surface area contributed by atoms with E-state index in [1.807, 2.05) is 14.1 Å². The van der Waals surface area contributed by atoms with Gasteiger partial charge in [0.25, 0.3) is 11.1 Å². The summed E-state index contributed by atoms with van der Waals surface area (Å²) in [5.74, 6) is -0.117. The first-order valence-electron chi connectivity index (χ1n) is 8.96. The maximum absolute atomic E-state index is 12.5. The van der Waals surface area contributed by atoms with E-state index in [1.54, 1.807) is 42.2 Å². The van der Waals surface area contributed by atoms with Crippen LogP contribution in [0, 0.1) is 0 Å². The normalized spacial score (nSPS) is 12.9. The molecule has 0 spiro atoms. The zero-order valence-corrected chi connectivity index (χ0v) is 16.4. The van der Waals surface area contributed by atoms with E-state index in [-0.39, 0.29) is 23.2 Å². The van der Waals surface area contributed by atoms with Crippen molar-refractivity contribution >= 4 is 23.2 Å². The van der Waals surface area contributed by atoms with Crippen LogP contribution >= 0.6 is 0 Å². The Hall–Kier alpha value is -3.65. The highest BCUT2D eigenvalue weighted by atomic mass is 16.3. The van der Waals surface area contributed by atoms with Gasteiger partial charge in [-0.15, -0.1) is 0 Å². The summed E-state index contributed by atoms with van der Waals surface area (Å²) in [7, 11) is 3.63. The predicted octanol–water partition coefficient (Wildman–Crippen LogP) is 0.204. The van der Waals surface area contributed by atoms with Crippen molar-refractivity contribution in [1.82, 2.24) is 14.9 Å². The number of carbonyl (C=O) groups excluding carboxylic acids is 1. The summed E-state index contributed by atoms with van der Waals surface area (Å²) in [4.78, 5) is 43.7. The van der Waals surface area contributed by atoms with E-state index in [9.17, 15) is 14.4 Å². The summed E-state index contributed by atoms with van der Waals surface area (Å²) in [6.07, 6.45) is 4.49. The summed E-state index contributed by atoms with van der Waals surface area (Å²) >= 11 is 0. The molecule has 1 aromatic carbocycles. The third kappa shape index (κ3) is 4.99. The minimum atomic E-state index is -0.410. The number of carbonyl (C=O) groups is 1. The van der Waals surface area contributed by atoms with Gasteiger partial charge in [-0.3, -0.25) is 14.4 Å². The van der Waals surface area contributed by atoms with Crippen molar-refractivity contribution in [3.8, 4) is 0 Å². The monoisotopic (exact) mass is 394 g/mol. The van der Waals surface area contributed by atoms with Crippen molar-refractivity contribution in [2.45, 2.75) is 6.92 Å². The van der Waals surface area contributed by atoms with Crippen LogP contribution in [-0.4, -0.2) is 41.4 Å². The molecule has 8 nitrogen and oxygen atoms in total. The molecule has 1 amide bonds. The Kier molecular flexibility index (Phi) is 5.94. The minimum Gasteiger partial charge on any atom is -0.472 e. The molecular weight excluding hydrogens is 372 g/mol. The Bertz CT molecular complexity index is 1230. The van der Waals surface area contributed by atoms with E-state index in [0.717, 1.165) is 5.56 Å². The van der Waals surface area contributed by atoms with E-state index >= 15 is 0 Å². The number of nitrogens with zero attached hydrogens (tertiary/aromatic N) is 1. The Morgan fingerprint density at radius 2 is 1.83 bits per heavy atom. The third-order valence-electron chi connectivity index (χ3n) is 4.25. The molecule has 2 aromatic heterocycles. The van der Waals surface area contributed by atoms with Crippen LogP contribution in [0.1, 0.15) is 18.1 Å². The van der Waals surface area contributed by atoms with Gasteiger partial charge in [-0.2, -0.15) is 0 Å². The number of hydrogen-bond donors (Lipinski definition) is 3. The average molecular weight is 394 g/mol. The molecule has 8 heteroatoms. The highest BCUT2D eigenvalue weighted by Crippen LogP contribution is 2.14. The van der Waals surface area contributed by atoms with Crippen molar-refractivity contribution in [1.29, 1.82) is 0 Å². The van der Waals surface area contributed by atoms with Crippen molar-refractivity contribution in [3.05, 3.63) is 85.4 Å². The fraction of sp³-hybridized carbons (Fsp3) is 0.190. The second kappa shape index (κ2) is 8.57. The topological polar surface area (TPSA) is 111 Å². The van der Waals surface area contributed by atoms with Gasteiger partial charge in [0.2, 0.25) is 5.91 Å². The molecule has 0 fully saturated rings. The number of anilines is 1. The van der Waals surface area contributed by atoms with E-state index in [1.165, 1.54) is 18.6 Å². The van der Waals surface area contributed by atoms with Gasteiger partial charge in [0.1, 0.15) is 10.7 Å². The number of aromatic amines is 2. The summed E-state index contributed by atoms with van der Waals surface area (Å²) in [6.45, 7) is 2.03. The second-order valence-corrected chi connectivity index (χ2v) is 6.89. The summed E-state index contributed by atoms with van der Waals surface area (Å²) in [5.41, 5.74) is 1.88. The fourth-order valence-electron chi connectivity index (χ4n) is 2.80. The second-order valence-electron chi connectivity index (χ2n) is 6.89. The molecule has 2 heterocycles. The molecule has 0 radical (unpaired) electrons. The first-order chi connectivity index (χ1) is 13.8. The molecule has 3 rings (SSSR count). The van der Waals surface area contributed by atoms with Gasteiger partial charge in [-0.1, -0.05) is 12.1 Å². The Morgan fingerprint density at radius 3 is 2.45 bits per heavy atom. The molecule has 29 heavy (non-hydrogen) atoms. The number of H-pyrrole nitrogens is 2. The summed E-state index contributed by atoms with van der Waals surface area (Å²) in [6, 6.07) is 8.75. The molecule has 0 aliphatic heterocycles. The largest absolute Gasteiger partial charge is 0.472 e. The van der Waals surface area contributed by atoms with Crippen LogP contribution in [0.15, 0.2) is 56.9 Å². The SMILES string of the molecule is CC(c1ccc(NC(=O)CN(C)C)cc1)=c1[nH]c(=O)c(=Cc2ccoc2)[nH]c1=O. The summed E-state index contributed by atoms with van der Waals surface area (Å²) < 4.78 is 4.96. The molecular formula is C21H22N4O4. The van der Waals surface area contributed by atoms with Gasteiger partial charge in [0, 0.05) is 11.3 Å². The van der Waals surface area contributed by atoms with E-state index in [2.05, 4.69) is 15.3 Å². The third-order valence-corrected chi connectivity index (χ3v) is 4.25. The number of amides is 1. The number of benzene rings is 1. The quantitative estimate of drug-likeness (QED) is 0.573. The van der Waals surface area contributed by atoms with Crippen LogP contribution in [0.25, 0.3) is 11.6 Å². The number of rotatable bonds is 5. The van der Waals surface area contributed by atoms with Crippen molar-refractivity contribution < 1.29 is 9.21 Å². The molecule has 3 N–H and O–H groups in total. The lowest BCUT2D eigenvalue weighted by molar-refractivity contribution is -0.116. The zero-order chi connectivity index (χ0) is 21.0. The number of furan rings is 1. The zero-order valence-electron chi connectivity index (χ0n) is 16.4. The number of likely N-dealkylation sites (N-methyl/N-ethyl adjacent to an activating group) is 1. The number of aromatic nitrogens is 2. The Balaban J connectivity index is 1.93. The first-order valence-corrected chi connectivity index (χ1v) is 8.96. The molecule has 0 saturated heterocycles. The van der Waals surface area contributed by atoms with Crippen LogP contribution in [-0.2, 0) is 4.79 Å². The lowest BCUT2D eigenvalue weighted by Crippen LogP contribution is -2.47. The standard InChI is InChI=1S/C21H22N4O4/c1-13(15-4-6-16(7-5-15)22-18(26)11-25(2)3)19-21(28)23-17(20(27)24-19)10-14-8-9-29-12-14/h4-10,12H,11H2,1-3H3,(H,22,26)(H,23,28)(H,24,27). The Labute approximate surface area is 166 Å². The van der Waals surface area contributed by atoms with Gasteiger partial charge in [-0.25, -0.2) is 0 Å². The molecule has 150 valence electrons. The highest BCUT2D eigenvalue weighted by Gasteiger charge is 2.06.